The highest BCUT2D eigenvalue weighted by atomic mass is 14.5. The first kappa shape index (κ1) is 12.2. The van der Waals surface area contributed by atoms with Gasteiger partial charge in [0.25, 0.3) is 0 Å². The van der Waals surface area contributed by atoms with E-state index in [0.29, 0.717) is 5.41 Å². The maximum Gasteiger partial charge on any atom is -0.0240 e. The van der Waals surface area contributed by atoms with Crippen LogP contribution in [0.25, 0.3) is 0 Å². The highest BCUT2D eigenvalue weighted by Gasteiger charge is 2.42. The minimum atomic E-state index is 0.668. The zero-order chi connectivity index (χ0) is 11.6. The molecule has 0 N–H and O–H groups in total. The van der Waals surface area contributed by atoms with Crippen molar-refractivity contribution >= 4 is 0 Å². The van der Waals surface area contributed by atoms with Crippen molar-refractivity contribution in [2.75, 3.05) is 0 Å². The molecular weight excluding hydrogens is 192 g/mol. The third kappa shape index (κ3) is 2.21. The predicted octanol–water partition coefficient (Wildman–Crippen LogP) is 5.34. The van der Waals surface area contributed by atoms with Gasteiger partial charge in [-0.25, -0.2) is 0 Å². The lowest BCUT2D eigenvalue weighted by atomic mass is 9.56. The van der Waals surface area contributed by atoms with Crippen molar-refractivity contribution in [2.45, 2.75) is 71.6 Å². The molecule has 92 valence electrons. The molecule has 0 nitrogen and oxygen atoms in total. The molecule has 2 fully saturated rings. The van der Waals surface area contributed by atoms with Gasteiger partial charge >= 0.3 is 0 Å². The van der Waals surface area contributed by atoms with Crippen molar-refractivity contribution in [2.24, 2.45) is 17.3 Å². The summed E-state index contributed by atoms with van der Waals surface area (Å²) in [7, 11) is 0. The zero-order valence-electron chi connectivity index (χ0n) is 11.2. The van der Waals surface area contributed by atoms with Crippen LogP contribution in [0.4, 0.5) is 0 Å². The van der Waals surface area contributed by atoms with Crippen molar-refractivity contribution in [1.82, 2.24) is 0 Å². The molecule has 0 aromatic heterocycles. The molecule has 2 rings (SSSR count). The summed E-state index contributed by atoms with van der Waals surface area (Å²) in [6.45, 7) is 9.11. The lowest BCUT2D eigenvalue weighted by Gasteiger charge is -2.49. The summed E-state index contributed by atoms with van der Waals surface area (Å²) in [4.78, 5) is 0. The summed E-state index contributed by atoms with van der Waals surface area (Å²) in [5, 5.41) is 0. The van der Waals surface area contributed by atoms with E-state index in [4.69, 9.17) is 0 Å². The van der Waals surface area contributed by atoms with Gasteiger partial charge in [-0.15, -0.1) is 0 Å². The van der Waals surface area contributed by atoms with Gasteiger partial charge < -0.3 is 0 Å². The second-order valence-corrected chi connectivity index (χ2v) is 6.47. The van der Waals surface area contributed by atoms with Crippen molar-refractivity contribution in [1.29, 1.82) is 0 Å². The van der Waals surface area contributed by atoms with E-state index in [0.717, 1.165) is 11.8 Å². The molecular formula is C16H28. The monoisotopic (exact) mass is 220 g/mol. The Labute approximate surface area is 102 Å². The summed E-state index contributed by atoms with van der Waals surface area (Å²) in [5.74, 6) is 1.89. The van der Waals surface area contributed by atoms with E-state index in [9.17, 15) is 0 Å². The van der Waals surface area contributed by atoms with Gasteiger partial charge in [-0.1, -0.05) is 45.3 Å². The van der Waals surface area contributed by atoms with E-state index in [2.05, 4.69) is 20.4 Å². The fraction of sp³-hybridized carbons (Fsp3) is 0.875. The van der Waals surface area contributed by atoms with Crippen LogP contribution in [0.15, 0.2) is 12.2 Å². The molecule has 0 heteroatoms. The Morgan fingerprint density at radius 1 is 1.06 bits per heavy atom. The van der Waals surface area contributed by atoms with Gasteiger partial charge in [0.15, 0.2) is 0 Å². The molecule has 16 heavy (non-hydrogen) atoms. The van der Waals surface area contributed by atoms with E-state index in [-0.39, 0.29) is 0 Å². The Bertz CT molecular complexity index is 233. The third-order valence-electron chi connectivity index (χ3n) is 5.46. The largest absolute Gasteiger partial charge is 0.0999 e. The molecule has 0 aromatic rings. The van der Waals surface area contributed by atoms with Gasteiger partial charge in [0.1, 0.15) is 0 Å². The topological polar surface area (TPSA) is 0 Å². The van der Waals surface area contributed by atoms with Crippen LogP contribution >= 0.6 is 0 Å². The van der Waals surface area contributed by atoms with E-state index < -0.39 is 0 Å². The van der Waals surface area contributed by atoms with Crippen molar-refractivity contribution in [3.8, 4) is 0 Å². The number of hydrogen-bond acceptors (Lipinski definition) is 0. The van der Waals surface area contributed by atoms with Crippen molar-refractivity contribution < 1.29 is 0 Å². The van der Waals surface area contributed by atoms with Crippen LogP contribution in [0, 0.1) is 17.3 Å². The average Bonchev–Trinajstić information content (AvgIpc) is 2.31. The van der Waals surface area contributed by atoms with Gasteiger partial charge in [0.2, 0.25) is 0 Å². The minimum absolute atomic E-state index is 0.668. The third-order valence-corrected chi connectivity index (χ3v) is 5.46. The predicted molar refractivity (Wildman–Crippen MR) is 71.5 cm³/mol. The summed E-state index contributed by atoms with van der Waals surface area (Å²) < 4.78 is 0. The number of hydrogen-bond donors (Lipinski definition) is 0. The summed E-state index contributed by atoms with van der Waals surface area (Å²) >= 11 is 0. The van der Waals surface area contributed by atoms with Gasteiger partial charge in [-0.2, -0.15) is 0 Å². The lowest BCUT2D eigenvalue weighted by Crippen LogP contribution is -2.39. The Hall–Kier alpha value is -0.260. The Morgan fingerprint density at radius 3 is 2.12 bits per heavy atom. The van der Waals surface area contributed by atoms with Crippen LogP contribution in [0.3, 0.4) is 0 Å². The normalized spacial score (nSPS) is 27.3. The molecule has 0 saturated heterocycles. The van der Waals surface area contributed by atoms with Gasteiger partial charge in [0, 0.05) is 0 Å². The first-order valence-corrected chi connectivity index (χ1v) is 7.32. The van der Waals surface area contributed by atoms with E-state index >= 15 is 0 Å². The Balaban J connectivity index is 2.11. The molecule has 0 unspecified atom stereocenters. The van der Waals surface area contributed by atoms with E-state index in [1.165, 1.54) is 63.4 Å². The molecule has 2 saturated carbocycles. The van der Waals surface area contributed by atoms with Crippen LogP contribution in [0.1, 0.15) is 71.6 Å². The Morgan fingerprint density at radius 2 is 1.62 bits per heavy atom. The van der Waals surface area contributed by atoms with Gasteiger partial charge in [-0.3, -0.25) is 0 Å². The first-order chi connectivity index (χ1) is 7.65. The van der Waals surface area contributed by atoms with Crippen LogP contribution in [-0.4, -0.2) is 0 Å². The first-order valence-electron chi connectivity index (χ1n) is 7.32. The SMILES string of the molecule is C=C1CCC(C(C)C)(C2CCCCC2)CC1. The van der Waals surface area contributed by atoms with Crippen molar-refractivity contribution in [3.63, 3.8) is 0 Å². The molecule has 0 heterocycles. The fourth-order valence-corrected chi connectivity index (χ4v) is 4.20. The summed E-state index contributed by atoms with van der Waals surface area (Å²) in [6.07, 6.45) is 12.9. The smallest absolute Gasteiger partial charge is 0.0240 e. The Kier molecular flexibility index (Phi) is 3.77. The van der Waals surface area contributed by atoms with E-state index in [1.807, 2.05) is 0 Å². The lowest BCUT2D eigenvalue weighted by molar-refractivity contribution is 0.0300. The fourth-order valence-electron chi connectivity index (χ4n) is 4.20. The summed E-state index contributed by atoms with van der Waals surface area (Å²) in [6, 6.07) is 0. The van der Waals surface area contributed by atoms with Gasteiger partial charge in [-0.05, 0) is 55.8 Å². The van der Waals surface area contributed by atoms with Crippen LogP contribution in [0.5, 0.6) is 0 Å². The standard InChI is InChI=1S/C16H28/c1-13(2)16(11-9-14(3)10-12-16)15-7-5-4-6-8-15/h13,15H,3-12H2,1-2H3. The maximum atomic E-state index is 4.18. The number of rotatable bonds is 2. The quantitative estimate of drug-likeness (QED) is 0.551. The minimum Gasteiger partial charge on any atom is -0.0999 e. The van der Waals surface area contributed by atoms with E-state index in [1.54, 1.807) is 0 Å². The molecule has 0 spiro atoms. The molecule has 0 aliphatic heterocycles. The van der Waals surface area contributed by atoms with Crippen molar-refractivity contribution in [3.05, 3.63) is 12.2 Å². The molecule has 0 amide bonds. The highest BCUT2D eigenvalue weighted by molar-refractivity contribution is 5.05. The summed E-state index contributed by atoms with van der Waals surface area (Å²) in [5.41, 5.74) is 2.17. The second-order valence-electron chi connectivity index (χ2n) is 6.47. The van der Waals surface area contributed by atoms with Crippen LogP contribution in [-0.2, 0) is 0 Å². The second kappa shape index (κ2) is 4.94. The molecule has 2 aliphatic carbocycles. The molecule has 0 bridgehead atoms. The molecule has 2 aliphatic rings. The zero-order valence-corrected chi connectivity index (χ0v) is 11.2. The highest BCUT2D eigenvalue weighted by Crippen LogP contribution is 2.53. The van der Waals surface area contributed by atoms with Gasteiger partial charge in [0.05, 0.1) is 0 Å². The molecule has 0 atom stereocenters. The average molecular weight is 220 g/mol. The van der Waals surface area contributed by atoms with Crippen LogP contribution < -0.4 is 0 Å². The maximum absolute atomic E-state index is 4.18. The number of allylic oxidation sites excluding steroid dienone is 1. The molecule has 0 aromatic carbocycles. The van der Waals surface area contributed by atoms with Crippen LogP contribution in [0.2, 0.25) is 0 Å². The molecule has 0 radical (unpaired) electrons.